The van der Waals surface area contributed by atoms with Crippen LogP contribution in [0.4, 0.5) is 5.69 Å². The molecule has 0 aliphatic heterocycles. The summed E-state index contributed by atoms with van der Waals surface area (Å²) in [6.45, 7) is 0.990. The van der Waals surface area contributed by atoms with Gasteiger partial charge in [-0.25, -0.2) is 13.1 Å². The second-order valence-electron chi connectivity index (χ2n) is 6.83. The highest BCUT2D eigenvalue weighted by atomic mass is 32.2. The number of sulfonamides is 1. The summed E-state index contributed by atoms with van der Waals surface area (Å²) in [5.41, 5.74) is 4.25. The number of nitrogens with one attached hydrogen (secondary N) is 2. The van der Waals surface area contributed by atoms with Gasteiger partial charge in [-0.3, -0.25) is 0 Å². The quantitative estimate of drug-likeness (QED) is 0.876. The van der Waals surface area contributed by atoms with Crippen LogP contribution in [-0.2, 0) is 22.9 Å². The molecule has 1 fully saturated rings. The van der Waals surface area contributed by atoms with E-state index in [0.29, 0.717) is 5.92 Å². The predicted octanol–water partition coefficient (Wildman–Crippen LogP) is 2.70. The standard InChI is InChI=1S/C17H26N2O2S/c1-22(20,21)19-16-8-5-13(6-9-16)12-18-17-10-7-14-3-2-4-15(14)11-17/h7,10-11,13,16,18-19H,2-6,8-9,12H2,1H3. The first kappa shape index (κ1) is 15.8. The molecule has 1 aromatic carbocycles. The molecule has 0 atom stereocenters. The van der Waals surface area contributed by atoms with E-state index < -0.39 is 10.0 Å². The van der Waals surface area contributed by atoms with Crippen LogP contribution in [-0.4, -0.2) is 27.3 Å². The van der Waals surface area contributed by atoms with Crippen LogP contribution >= 0.6 is 0 Å². The predicted molar refractivity (Wildman–Crippen MR) is 90.7 cm³/mol. The molecule has 0 aromatic heterocycles. The molecule has 0 bridgehead atoms. The highest BCUT2D eigenvalue weighted by Crippen LogP contribution is 2.27. The SMILES string of the molecule is CS(=O)(=O)NC1CCC(CNc2ccc3c(c2)CCC3)CC1. The maximum absolute atomic E-state index is 11.3. The highest BCUT2D eigenvalue weighted by Gasteiger charge is 2.23. The Labute approximate surface area is 133 Å². The van der Waals surface area contributed by atoms with Crippen molar-refractivity contribution in [2.24, 2.45) is 5.92 Å². The van der Waals surface area contributed by atoms with Crippen molar-refractivity contribution in [3.63, 3.8) is 0 Å². The average Bonchev–Trinajstić information content (AvgIpc) is 2.92. The van der Waals surface area contributed by atoms with Crippen LogP contribution in [0.15, 0.2) is 18.2 Å². The minimum absolute atomic E-state index is 0.131. The fourth-order valence-electron chi connectivity index (χ4n) is 3.73. The molecule has 0 heterocycles. The Morgan fingerprint density at radius 2 is 1.82 bits per heavy atom. The van der Waals surface area contributed by atoms with Crippen molar-refractivity contribution in [2.45, 2.75) is 51.0 Å². The monoisotopic (exact) mass is 322 g/mol. The van der Waals surface area contributed by atoms with E-state index in [0.717, 1.165) is 32.2 Å². The van der Waals surface area contributed by atoms with Crippen molar-refractivity contribution in [1.82, 2.24) is 4.72 Å². The second kappa shape index (κ2) is 6.59. The first-order chi connectivity index (χ1) is 10.5. The number of anilines is 1. The van der Waals surface area contributed by atoms with Crippen LogP contribution in [0.5, 0.6) is 0 Å². The van der Waals surface area contributed by atoms with E-state index in [-0.39, 0.29) is 6.04 Å². The third-order valence-corrected chi connectivity index (χ3v) is 5.68. The molecular weight excluding hydrogens is 296 g/mol. The van der Waals surface area contributed by atoms with Gasteiger partial charge in [0, 0.05) is 18.3 Å². The van der Waals surface area contributed by atoms with E-state index in [1.54, 1.807) is 0 Å². The molecular formula is C17H26N2O2S. The normalized spacial score (nSPS) is 25.0. The summed E-state index contributed by atoms with van der Waals surface area (Å²) in [6, 6.07) is 6.89. The molecule has 0 saturated heterocycles. The molecule has 122 valence electrons. The minimum Gasteiger partial charge on any atom is -0.385 e. The highest BCUT2D eigenvalue weighted by molar-refractivity contribution is 7.88. The number of hydrogen-bond donors (Lipinski definition) is 2. The van der Waals surface area contributed by atoms with Crippen molar-refractivity contribution in [3.05, 3.63) is 29.3 Å². The summed E-state index contributed by atoms with van der Waals surface area (Å²) >= 11 is 0. The molecule has 0 radical (unpaired) electrons. The molecule has 0 amide bonds. The first-order valence-corrected chi connectivity index (χ1v) is 10.2. The van der Waals surface area contributed by atoms with E-state index >= 15 is 0 Å². The van der Waals surface area contributed by atoms with Gasteiger partial charge in [0.1, 0.15) is 0 Å². The van der Waals surface area contributed by atoms with Gasteiger partial charge in [-0.15, -0.1) is 0 Å². The molecule has 1 saturated carbocycles. The van der Waals surface area contributed by atoms with Gasteiger partial charge in [0.25, 0.3) is 0 Å². The summed E-state index contributed by atoms with van der Waals surface area (Å²) < 4.78 is 25.3. The Hall–Kier alpha value is -1.07. The lowest BCUT2D eigenvalue weighted by molar-refractivity contribution is 0.324. The van der Waals surface area contributed by atoms with Crippen molar-refractivity contribution in [3.8, 4) is 0 Å². The number of fused-ring (bicyclic) bond motifs is 1. The van der Waals surface area contributed by atoms with Gasteiger partial charge in [-0.1, -0.05) is 6.07 Å². The Balaban J connectivity index is 1.45. The van der Waals surface area contributed by atoms with Gasteiger partial charge in [-0.05, 0) is 74.1 Å². The van der Waals surface area contributed by atoms with E-state index in [9.17, 15) is 8.42 Å². The molecule has 2 aliphatic rings. The molecule has 1 aromatic rings. The van der Waals surface area contributed by atoms with E-state index in [2.05, 4.69) is 28.2 Å². The van der Waals surface area contributed by atoms with Crippen LogP contribution < -0.4 is 10.0 Å². The summed E-state index contributed by atoms with van der Waals surface area (Å²) in [4.78, 5) is 0. The van der Waals surface area contributed by atoms with Gasteiger partial charge in [0.05, 0.1) is 6.26 Å². The molecule has 3 rings (SSSR count). The summed E-state index contributed by atoms with van der Waals surface area (Å²) in [5.74, 6) is 0.644. The molecule has 22 heavy (non-hydrogen) atoms. The molecule has 5 heteroatoms. The smallest absolute Gasteiger partial charge is 0.208 e. The van der Waals surface area contributed by atoms with Crippen molar-refractivity contribution in [1.29, 1.82) is 0 Å². The first-order valence-electron chi connectivity index (χ1n) is 8.32. The lowest BCUT2D eigenvalue weighted by Gasteiger charge is -2.29. The topological polar surface area (TPSA) is 58.2 Å². The summed E-state index contributed by atoms with van der Waals surface area (Å²) in [5, 5.41) is 3.57. The van der Waals surface area contributed by atoms with Crippen LogP contribution in [0.2, 0.25) is 0 Å². The molecule has 4 nitrogen and oxygen atoms in total. The molecule has 0 unspecified atom stereocenters. The summed E-state index contributed by atoms with van der Waals surface area (Å²) in [7, 11) is -3.07. The van der Waals surface area contributed by atoms with E-state index in [1.807, 2.05) is 0 Å². The molecule has 0 spiro atoms. The number of benzene rings is 1. The Morgan fingerprint density at radius 3 is 2.55 bits per heavy atom. The van der Waals surface area contributed by atoms with E-state index in [4.69, 9.17) is 0 Å². The maximum Gasteiger partial charge on any atom is 0.208 e. The van der Waals surface area contributed by atoms with Crippen molar-refractivity contribution in [2.75, 3.05) is 18.1 Å². The van der Waals surface area contributed by atoms with Crippen LogP contribution in [0, 0.1) is 5.92 Å². The Bertz CT molecular complexity index is 620. The number of hydrogen-bond acceptors (Lipinski definition) is 3. The largest absolute Gasteiger partial charge is 0.385 e. The zero-order valence-corrected chi connectivity index (χ0v) is 14.1. The van der Waals surface area contributed by atoms with Gasteiger partial charge in [0.2, 0.25) is 10.0 Å². The number of rotatable bonds is 5. The van der Waals surface area contributed by atoms with Gasteiger partial charge in [0.15, 0.2) is 0 Å². The zero-order chi connectivity index (χ0) is 15.6. The fourth-order valence-corrected chi connectivity index (χ4v) is 4.57. The number of aryl methyl sites for hydroxylation is 2. The summed E-state index contributed by atoms with van der Waals surface area (Å²) in [6.07, 6.45) is 9.05. The maximum atomic E-state index is 11.3. The van der Waals surface area contributed by atoms with Crippen molar-refractivity contribution < 1.29 is 8.42 Å². The van der Waals surface area contributed by atoms with Crippen LogP contribution in [0.1, 0.15) is 43.2 Å². The third-order valence-electron chi connectivity index (χ3n) is 4.92. The van der Waals surface area contributed by atoms with Gasteiger partial charge >= 0.3 is 0 Å². The van der Waals surface area contributed by atoms with Crippen LogP contribution in [0.25, 0.3) is 0 Å². The molecule has 2 aliphatic carbocycles. The third kappa shape index (κ3) is 4.23. The van der Waals surface area contributed by atoms with Crippen molar-refractivity contribution >= 4 is 15.7 Å². The van der Waals surface area contributed by atoms with Crippen LogP contribution in [0.3, 0.4) is 0 Å². The van der Waals surface area contributed by atoms with Gasteiger partial charge in [-0.2, -0.15) is 0 Å². The minimum atomic E-state index is -3.07. The zero-order valence-electron chi connectivity index (χ0n) is 13.3. The lowest BCUT2D eigenvalue weighted by Crippen LogP contribution is -2.37. The lowest BCUT2D eigenvalue weighted by atomic mass is 9.86. The average molecular weight is 322 g/mol. The van der Waals surface area contributed by atoms with E-state index in [1.165, 1.54) is 42.3 Å². The Morgan fingerprint density at radius 1 is 1.09 bits per heavy atom. The Kier molecular flexibility index (Phi) is 4.73. The second-order valence-corrected chi connectivity index (χ2v) is 8.61. The fraction of sp³-hybridized carbons (Fsp3) is 0.647. The molecule has 2 N–H and O–H groups in total. The van der Waals surface area contributed by atoms with Gasteiger partial charge < -0.3 is 5.32 Å².